The van der Waals surface area contributed by atoms with E-state index in [0.29, 0.717) is 5.69 Å². The second-order valence-corrected chi connectivity index (χ2v) is 3.25. The Morgan fingerprint density at radius 1 is 1.60 bits per heavy atom. The number of nitrogens with zero attached hydrogens (tertiary/aromatic N) is 2. The maximum atomic E-state index is 12.0. The molecule has 0 aliphatic heterocycles. The average Bonchev–Trinajstić information content (AvgIpc) is 2.52. The molecule has 0 radical (unpaired) electrons. The summed E-state index contributed by atoms with van der Waals surface area (Å²) >= 11 is 0. The third-order valence-corrected chi connectivity index (χ3v) is 2.13. The lowest BCUT2D eigenvalue weighted by Crippen LogP contribution is -2.30. The van der Waals surface area contributed by atoms with Crippen LogP contribution in [0, 0.1) is 0 Å². The Labute approximate surface area is 85.2 Å². The predicted octanol–water partition coefficient (Wildman–Crippen LogP) is 1.27. The molecule has 1 rings (SSSR count). The van der Waals surface area contributed by atoms with Gasteiger partial charge in [-0.2, -0.15) is 18.3 Å². The highest BCUT2D eigenvalue weighted by Crippen LogP contribution is 2.26. The molecule has 0 bridgehead atoms. The number of hydrogen-bond acceptors (Lipinski definition) is 3. The second kappa shape index (κ2) is 4.63. The summed E-state index contributed by atoms with van der Waals surface area (Å²) in [6.07, 6.45) is -3.60. The van der Waals surface area contributed by atoms with Crippen LogP contribution >= 0.6 is 0 Å². The largest absolute Gasteiger partial charge is 0.389 e. The molecule has 1 aromatic rings. The molecule has 0 aliphatic rings. The Kier molecular flexibility index (Phi) is 3.70. The van der Waals surface area contributed by atoms with Gasteiger partial charge in [-0.1, -0.05) is 0 Å². The van der Waals surface area contributed by atoms with Gasteiger partial charge in [0.2, 0.25) is 0 Å². The summed E-state index contributed by atoms with van der Waals surface area (Å²) in [5, 5.41) is 3.87. The molecule has 0 amide bonds. The molecule has 7 heteroatoms. The van der Waals surface area contributed by atoms with E-state index < -0.39 is 18.6 Å². The van der Waals surface area contributed by atoms with Crippen LogP contribution in [0.3, 0.4) is 0 Å². The van der Waals surface area contributed by atoms with Crippen LogP contribution in [0.25, 0.3) is 0 Å². The van der Waals surface area contributed by atoms with E-state index in [4.69, 9.17) is 5.84 Å². The van der Waals surface area contributed by atoms with E-state index in [9.17, 15) is 13.2 Å². The third-order valence-electron chi connectivity index (χ3n) is 2.13. The van der Waals surface area contributed by atoms with Crippen LogP contribution in [-0.4, -0.2) is 16.0 Å². The van der Waals surface area contributed by atoms with Crippen molar-refractivity contribution in [1.82, 2.24) is 15.2 Å². The Morgan fingerprint density at radius 2 is 2.27 bits per heavy atom. The highest BCUT2D eigenvalue weighted by Gasteiger charge is 2.29. The SMILES string of the molecule is Cn1nccc1C(CCC(F)(F)F)NN. The first-order valence-electron chi connectivity index (χ1n) is 4.45. The van der Waals surface area contributed by atoms with Crippen molar-refractivity contribution in [1.29, 1.82) is 0 Å². The van der Waals surface area contributed by atoms with E-state index in [-0.39, 0.29) is 6.42 Å². The molecule has 1 unspecified atom stereocenters. The summed E-state index contributed by atoms with van der Waals surface area (Å²) in [7, 11) is 1.66. The fourth-order valence-electron chi connectivity index (χ4n) is 1.35. The normalized spacial score (nSPS) is 14.2. The van der Waals surface area contributed by atoms with Crippen molar-refractivity contribution in [2.75, 3.05) is 0 Å². The highest BCUT2D eigenvalue weighted by molar-refractivity contribution is 5.06. The Morgan fingerprint density at radius 3 is 2.67 bits per heavy atom. The first-order valence-corrected chi connectivity index (χ1v) is 4.45. The number of aryl methyl sites for hydroxylation is 1. The molecule has 3 N–H and O–H groups in total. The maximum absolute atomic E-state index is 12.0. The zero-order valence-electron chi connectivity index (χ0n) is 8.25. The van der Waals surface area contributed by atoms with Gasteiger partial charge in [0.25, 0.3) is 0 Å². The number of alkyl halides is 3. The monoisotopic (exact) mass is 222 g/mol. The van der Waals surface area contributed by atoms with Gasteiger partial charge < -0.3 is 0 Å². The number of aromatic nitrogens is 2. The minimum Gasteiger partial charge on any atom is -0.271 e. The molecular weight excluding hydrogens is 209 g/mol. The van der Waals surface area contributed by atoms with Crippen LogP contribution in [0.5, 0.6) is 0 Å². The topological polar surface area (TPSA) is 55.9 Å². The first kappa shape index (κ1) is 12.0. The van der Waals surface area contributed by atoms with Gasteiger partial charge in [-0.15, -0.1) is 0 Å². The van der Waals surface area contributed by atoms with Gasteiger partial charge in [0.15, 0.2) is 0 Å². The molecule has 1 aromatic heterocycles. The minimum absolute atomic E-state index is 0.0977. The van der Waals surface area contributed by atoms with Crippen molar-refractivity contribution in [3.63, 3.8) is 0 Å². The Bertz CT molecular complexity index is 307. The van der Waals surface area contributed by atoms with Crippen molar-refractivity contribution in [2.24, 2.45) is 12.9 Å². The summed E-state index contributed by atoms with van der Waals surface area (Å²) in [6.45, 7) is 0. The van der Waals surface area contributed by atoms with E-state index in [0.717, 1.165) is 0 Å². The average molecular weight is 222 g/mol. The lowest BCUT2D eigenvalue weighted by atomic mass is 10.1. The minimum atomic E-state index is -4.16. The van der Waals surface area contributed by atoms with Crippen LogP contribution in [0.2, 0.25) is 0 Å². The molecule has 4 nitrogen and oxygen atoms in total. The van der Waals surface area contributed by atoms with Gasteiger partial charge in [0.05, 0.1) is 11.7 Å². The molecule has 0 aromatic carbocycles. The molecule has 0 saturated heterocycles. The second-order valence-electron chi connectivity index (χ2n) is 3.25. The zero-order chi connectivity index (χ0) is 11.5. The summed E-state index contributed by atoms with van der Waals surface area (Å²) < 4.78 is 37.5. The van der Waals surface area contributed by atoms with E-state index in [1.807, 2.05) is 0 Å². The molecule has 0 spiro atoms. The Hall–Kier alpha value is -1.08. The first-order chi connectivity index (χ1) is 6.94. The molecular formula is C8H13F3N4. The molecule has 0 fully saturated rings. The predicted molar refractivity (Wildman–Crippen MR) is 48.6 cm³/mol. The lowest BCUT2D eigenvalue weighted by Gasteiger charge is -2.16. The molecule has 0 aliphatic carbocycles. The van der Waals surface area contributed by atoms with E-state index in [1.54, 1.807) is 13.1 Å². The van der Waals surface area contributed by atoms with Gasteiger partial charge in [-0.05, 0) is 12.5 Å². The van der Waals surface area contributed by atoms with Crippen LogP contribution in [0.1, 0.15) is 24.6 Å². The van der Waals surface area contributed by atoms with Crippen LogP contribution in [-0.2, 0) is 7.05 Å². The smallest absolute Gasteiger partial charge is 0.271 e. The van der Waals surface area contributed by atoms with Gasteiger partial charge >= 0.3 is 6.18 Å². The van der Waals surface area contributed by atoms with Crippen LogP contribution in [0.4, 0.5) is 13.2 Å². The quantitative estimate of drug-likeness (QED) is 0.595. The van der Waals surface area contributed by atoms with Crippen molar-refractivity contribution in [3.05, 3.63) is 18.0 Å². The number of rotatable bonds is 4. The molecule has 0 saturated carbocycles. The lowest BCUT2D eigenvalue weighted by molar-refractivity contribution is -0.136. The highest BCUT2D eigenvalue weighted by atomic mass is 19.4. The van der Waals surface area contributed by atoms with Crippen molar-refractivity contribution >= 4 is 0 Å². The Balaban J connectivity index is 2.61. The van der Waals surface area contributed by atoms with Crippen molar-refractivity contribution in [3.8, 4) is 0 Å². The van der Waals surface area contributed by atoms with Gasteiger partial charge in [-0.3, -0.25) is 16.0 Å². The number of nitrogens with two attached hydrogens (primary N) is 1. The summed E-state index contributed by atoms with van der Waals surface area (Å²) in [5.41, 5.74) is 3.00. The van der Waals surface area contributed by atoms with Crippen LogP contribution < -0.4 is 11.3 Å². The standard InChI is InChI=1S/C8H13F3N4/c1-15-7(3-5-13-15)6(14-12)2-4-8(9,10)11/h3,5-6,14H,2,4,12H2,1H3. The molecule has 1 atom stereocenters. The van der Waals surface area contributed by atoms with E-state index in [2.05, 4.69) is 10.5 Å². The zero-order valence-corrected chi connectivity index (χ0v) is 8.25. The van der Waals surface area contributed by atoms with Gasteiger partial charge in [-0.25, -0.2) is 0 Å². The van der Waals surface area contributed by atoms with E-state index in [1.165, 1.54) is 10.9 Å². The molecule has 1 heterocycles. The third kappa shape index (κ3) is 3.52. The van der Waals surface area contributed by atoms with Gasteiger partial charge in [0.1, 0.15) is 0 Å². The van der Waals surface area contributed by atoms with Crippen molar-refractivity contribution in [2.45, 2.75) is 25.1 Å². The molecule has 86 valence electrons. The summed E-state index contributed by atoms with van der Waals surface area (Å²) in [6, 6.07) is 1.11. The van der Waals surface area contributed by atoms with Crippen molar-refractivity contribution < 1.29 is 13.2 Å². The van der Waals surface area contributed by atoms with E-state index >= 15 is 0 Å². The van der Waals surface area contributed by atoms with Crippen LogP contribution in [0.15, 0.2) is 12.3 Å². The fraction of sp³-hybridized carbons (Fsp3) is 0.625. The van der Waals surface area contributed by atoms with Gasteiger partial charge in [0, 0.05) is 19.7 Å². The summed E-state index contributed by atoms with van der Waals surface area (Å²) in [5.74, 6) is 5.20. The fourth-order valence-corrected chi connectivity index (χ4v) is 1.35. The summed E-state index contributed by atoms with van der Waals surface area (Å²) in [4.78, 5) is 0. The number of hydrazine groups is 1. The number of nitrogens with one attached hydrogen (secondary N) is 1. The number of hydrogen-bond donors (Lipinski definition) is 2. The number of halogens is 3. The molecule has 15 heavy (non-hydrogen) atoms. The maximum Gasteiger partial charge on any atom is 0.389 e.